The second kappa shape index (κ2) is 7.16. The average Bonchev–Trinajstić information content (AvgIpc) is 2.91. The second-order valence-electron chi connectivity index (χ2n) is 6.24. The van der Waals surface area contributed by atoms with E-state index in [0.29, 0.717) is 6.54 Å². The summed E-state index contributed by atoms with van der Waals surface area (Å²) < 4.78 is 1.16. The van der Waals surface area contributed by atoms with Crippen molar-refractivity contribution in [3.8, 4) is 0 Å². The van der Waals surface area contributed by atoms with Crippen molar-refractivity contribution in [1.29, 1.82) is 0 Å². The van der Waals surface area contributed by atoms with Gasteiger partial charge in [-0.3, -0.25) is 4.79 Å². The summed E-state index contributed by atoms with van der Waals surface area (Å²) in [6, 6.07) is 16.4. The monoisotopic (exact) mass is 338 g/mol. The number of hydrogen-bond donors (Lipinski definition) is 1. The molecule has 0 atom stereocenters. The van der Waals surface area contributed by atoms with Crippen LogP contribution in [0.1, 0.15) is 26.4 Å². The minimum Gasteiger partial charge on any atom is -0.347 e. The molecule has 0 saturated carbocycles. The number of carbonyl (C=O) groups excluding carboxylic acids is 1. The van der Waals surface area contributed by atoms with Crippen LogP contribution >= 0.6 is 11.3 Å². The predicted molar refractivity (Wildman–Crippen MR) is 102 cm³/mol. The third-order valence-electron chi connectivity index (χ3n) is 4.09. The number of rotatable bonds is 5. The van der Waals surface area contributed by atoms with Crippen molar-refractivity contribution in [1.82, 2.24) is 10.2 Å². The lowest BCUT2D eigenvalue weighted by Gasteiger charge is -2.14. The van der Waals surface area contributed by atoms with E-state index >= 15 is 0 Å². The van der Waals surface area contributed by atoms with Gasteiger partial charge < -0.3 is 10.2 Å². The number of thiophene rings is 1. The van der Waals surface area contributed by atoms with E-state index in [9.17, 15) is 4.79 Å². The van der Waals surface area contributed by atoms with Crippen molar-refractivity contribution >= 4 is 27.3 Å². The average molecular weight is 338 g/mol. The zero-order chi connectivity index (χ0) is 17.1. The Bertz CT molecular complexity index is 867. The van der Waals surface area contributed by atoms with Crippen molar-refractivity contribution in [3.05, 3.63) is 70.1 Å². The summed E-state index contributed by atoms with van der Waals surface area (Å²) in [6.45, 7) is 3.44. The molecule has 0 unspecified atom stereocenters. The van der Waals surface area contributed by atoms with Crippen LogP contribution in [-0.4, -0.2) is 24.9 Å². The Kier molecular flexibility index (Phi) is 4.97. The summed E-state index contributed by atoms with van der Waals surface area (Å²) >= 11 is 1.56. The van der Waals surface area contributed by atoms with Gasteiger partial charge in [-0.1, -0.05) is 42.5 Å². The highest BCUT2D eigenvalue weighted by Crippen LogP contribution is 2.30. The molecule has 4 heteroatoms. The van der Waals surface area contributed by atoms with Gasteiger partial charge in [-0.05, 0) is 49.2 Å². The van der Waals surface area contributed by atoms with Crippen LogP contribution in [0.2, 0.25) is 0 Å². The third kappa shape index (κ3) is 3.50. The van der Waals surface area contributed by atoms with E-state index in [2.05, 4.69) is 48.6 Å². The molecule has 3 nitrogen and oxygen atoms in total. The largest absolute Gasteiger partial charge is 0.347 e. The third-order valence-corrected chi connectivity index (χ3v) is 5.37. The molecule has 24 heavy (non-hydrogen) atoms. The number of benzene rings is 2. The Morgan fingerprint density at radius 2 is 1.71 bits per heavy atom. The van der Waals surface area contributed by atoms with Gasteiger partial charge in [-0.2, -0.15) is 0 Å². The number of nitrogens with zero attached hydrogens (tertiary/aromatic N) is 1. The van der Waals surface area contributed by atoms with Crippen molar-refractivity contribution in [2.24, 2.45) is 0 Å². The van der Waals surface area contributed by atoms with Gasteiger partial charge in [0, 0.05) is 17.8 Å². The minimum atomic E-state index is 0.00774. The lowest BCUT2D eigenvalue weighted by atomic mass is 10.1. The van der Waals surface area contributed by atoms with E-state index in [0.717, 1.165) is 21.7 Å². The number of amides is 1. The molecule has 3 rings (SSSR count). The Balaban J connectivity index is 1.77. The maximum Gasteiger partial charge on any atom is 0.261 e. The molecular formula is C20H22N2OS. The van der Waals surface area contributed by atoms with Crippen LogP contribution in [0.5, 0.6) is 0 Å². The minimum absolute atomic E-state index is 0.00774. The zero-order valence-corrected chi connectivity index (χ0v) is 15.1. The summed E-state index contributed by atoms with van der Waals surface area (Å²) in [7, 11) is 4.10. The molecule has 0 radical (unpaired) electrons. The van der Waals surface area contributed by atoms with Crippen molar-refractivity contribution in [2.45, 2.75) is 20.0 Å². The van der Waals surface area contributed by atoms with E-state index in [1.54, 1.807) is 11.3 Å². The number of fused-ring (bicyclic) bond motifs is 1. The van der Waals surface area contributed by atoms with Crippen LogP contribution in [0, 0.1) is 6.92 Å². The molecule has 3 aromatic rings. The van der Waals surface area contributed by atoms with Gasteiger partial charge in [-0.25, -0.2) is 0 Å². The highest BCUT2D eigenvalue weighted by molar-refractivity contribution is 7.21. The fourth-order valence-corrected chi connectivity index (χ4v) is 4.00. The predicted octanol–water partition coefficient (Wildman–Crippen LogP) is 4.20. The molecule has 0 fully saturated rings. The van der Waals surface area contributed by atoms with Crippen molar-refractivity contribution < 1.29 is 4.79 Å². The Labute approximate surface area is 146 Å². The molecule has 0 saturated heterocycles. The quantitative estimate of drug-likeness (QED) is 0.756. The SMILES string of the molecule is Cc1c(C(=O)NCc2ccccc2CN(C)C)sc2ccccc12. The normalized spacial score (nSPS) is 11.2. The van der Waals surface area contributed by atoms with Crippen molar-refractivity contribution in [2.75, 3.05) is 14.1 Å². The van der Waals surface area contributed by atoms with Crippen LogP contribution in [0.15, 0.2) is 48.5 Å². The zero-order valence-electron chi connectivity index (χ0n) is 14.3. The first-order valence-electron chi connectivity index (χ1n) is 8.04. The number of nitrogens with one attached hydrogen (secondary N) is 1. The molecule has 2 aromatic carbocycles. The smallest absolute Gasteiger partial charge is 0.261 e. The lowest BCUT2D eigenvalue weighted by molar-refractivity contribution is 0.0954. The number of aryl methyl sites for hydroxylation is 1. The molecule has 1 N–H and O–H groups in total. The summed E-state index contributed by atoms with van der Waals surface area (Å²) in [6.07, 6.45) is 0. The fourth-order valence-electron chi connectivity index (χ4n) is 2.87. The van der Waals surface area contributed by atoms with Gasteiger partial charge >= 0.3 is 0 Å². The van der Waals surface area contributed by atoms with Crippen LogP contribution in [-0.2, 0) is 13.1 Å². The molecular weight excluding hydrogens is 316 g/mol. The summed E-state index contributed by atoms with van der Waals surface area (Å²) in [5, 5.41) is 4.25. The Morgan fingerprint density at radius 3 is 2.42 bits per heavy atom. The molecule has 1 heterocycles. The summed E-state index contributed by atoms with van der Waals surface area (Å²) in [4.78, 5) is 15.6. The van der Waals surface area contributed by atoms with Crippen LogP contribution in [0.25, 0.3) is 10.1 Å². The standard InChI is InChI=1S/C20H22N2OS/c1-14-17-10-6-7-11-18(17)24-19(14)20(23)21-12-15-8-4-5-9-16(15)13-22(2)3/h4-11H,12-13H2,1-3H3,(H,21,23). The molecule has 0 aliphatic rings. The topological polar surface area (TPSA) is 32.3 Å². The Morgan fingerprint density at radius 1 is 1.04 bits per heavy atom. The van der Waals surface area contributed by atoms with Gasteiger partial charge in [-0.15, -0.1) is 11.3 Å². The Hall–Kier alpha value is -2.17. The molecule has 1 amide bonds. The molecule has 0 aliphatic carbocycles. The first-order chi connectivity index (χ1) is 11.6. The van der Waals surface area contributed by atoms with E-state index in [-0.39, 0.29) is 5.91 Å². The highest BCUT2D eigenvalue weighted by Gasteiger charge is 2.15. The fraction of sp³-hybridized carbons (Fsp3) is 0.250. The molecule has 0 spiro atoms. The van der Waals surface area contributed by atoms with Crippen LogP contribution < -0.4 is 5.32 Å². The van der Waals surface area contributed by atoms with Gasteiger partial charge in [0.1, 0.15) is 0 Å². The number of hydrogen-bond acceptors (Lipinski definition) is 3. The van der Waals surface area contributed by atoms with E-state index in [1.165, 1.54) is 16.5 Å². The van der Waals surface area contributed by atoms with Crippen LogP contribution in [0.3, 0.4) is 0 Å². The number of carbonyl (C=O) groups is 1. The summed E-state index contributed by atoms with van der Waals surface area (Å²) in [5.74, 6) is 0.00774. The van der Waals surface area contributed by atoms with Crippen LogP contribution in [0.4, 0.5) is 0 Å². The van der Waals surface area contributed by atoms with Crippen molar-refractivity contribution in [3.63, 3.8) is 0 Å². The second-order valence-corrected chi connectivity index (χ2v) is 7.29. The van der Waals surface area contributed by atoms with E-state index in [4.69, 9.17) is 0 Å². The van der Waals surface area contributed by atoms with Gasteiger partial charge in [0.2, 0.25) is 0 Å². The molecule has 1 aromatic heterocycles. The maximum absolute atomic E-state index is 12.6. The first kappa shape index (κ1) is 16.7. The van der Waals surface area contributed by atoms with Gasteiger partial charge in [0.25, 0.3) is 5.91 Å². The van der Waals surface area contributed by atoms with E-state index < -0.39 is 0 Å². The molecule has 124 valence electrons. The molecule has 0 bridgehead atoms. The maximum atomic E-state index is 12.6. The first-order valence-corrected chi connectivity index (χ1v) is 8.85. The van der Waals surface area contributed by atoms with Gasteiger partial charge in [0.05, 0.1) is 4.88 Å². The van der Waals surface area contributed by atoms with Gasteiger partial charge in [0.15, 0.2) is 0 Å². The highest BCUT2D eigenvalue weighted by atomic mass is 32.1. The lowest BCUT2D eigenvalue weighted by Crippen LogP contribution is -2.24. The van der Waals surface area contributed by atoms with E-state index in [1.807, 2.05) is 31.2 Å². The molecule has 0 aliphatic heterocycles. The summed E-state index contributed by atoms with van der Waals surface area (Å²) in [5.41, 5.74) is 3.48.